The molecule has 5 nitrogen and oxygen atoms in total. The lowest BCUT2D eigenvalue weighted by molar-refractivity contribution is -0.145. The van der Waals surface area contributed by atoms with E-state index in [1.165, 1.54) is 7.11 Å². The number of hydrogen-bond acceptors (Lipinski definition) is 4. The van der Waals surface area contributed by atoms with Gasteiger partial charge in [-0.3, -0.25) is 4.79 Å². The molecule has 0 aromatic heterocycles. The first-order valence-electron chi connectivity index (χ1n) is 4.73. The Bertz CT molecular complexity index is 194. The van der Waals surface area contributed by atoms with Gasteiger partial charge >= 0.3 is 5.97 Å². The van der Waals surface area contributed by atoms with Crippen LogP contribution in [0, 0.1) is 0 Å². The van der Waals surface area contributed by atoms with Gasteiger partial charge < -0.3 is 15.8 Å². The van der Waals surface area contributed by atoms with Crippen LogP contribution in [0.1, 0.15) is 26.2 Å². The zero-order valence-electron chi connectivity index (χ0n) is 8.71. The van der Waals surface area contributed by atoms with E-state index >= 15 is 0 Å². The Balaban J connectivity index is 4.09. The van der Waals surface area contributed by atoms with Gasteiger partial charge in [-0.05, 0) is 6.42 Å². The monoisotopic (exact) mass is 202 g/mol. The van der Waals surface area contributed by atoms with Crippen molar-refractivity contribution in [2.45, 2.75) is 32.2 Å². The summed E-state index contributed by atoms with van der Waals surface area (Å²) in [5.74, 6) is -0.753. The SMILES string of the molecule is CCCC[C@@H](NC(=O)CN)C(=O)OC. The molecule has 0 unspecified atom stereocenters. The molecular formula is C9H18N2O3. The second-order valence-corrected chi connectivity index (χ2v) is 2.99. The van der Waals surface area contributed by atoms with Gasteiger partial charge in [0.2, 0.25) is 5.91 Å². The maximum absolute atomic E-state index is 11.2. The van der Waals surface area contributed by atoms with Gasteiger partial charge in [0, 0.05) is 0 Å². The minimum Gasteiger partial charge on any atom is -0.467 e. The molecule has 0 rings (SSSR count). The van der Waals surface area contributed by atoms with Gasteiger partial charge in [0.25, 0.3) is 0 Å². The lowest BCUT2D eigenvalue weighted by Crippen LogP contribution is -2.44. The Morgan fingerprint density at radius 1 is 1.50 bits per heavy atom. The van der Waals surface area contributed by atoms with Gasteiger partial charge in [-0.1, -0.05) is 19.8 Å². The maximum atomic E-state index is 11.2. The van der Waals surface area contributed by atoms with Gasteiger partial charge in [0.1, 0.15) is 6.04 Å². The molecule has 14 heavy (non-hydrogen) atoms. The van der Waals surface area contributed by atoms with E-state index in [-0.39, 0.29) is 12.5 Å². The molecule has 0 aliphatic carbocycles. The summed E-state index contributed by atoms with van der Waals surface area (Å²) in [7, 11) is 1.30. The minimum atomic E-state index is -0.559. The Hall–Kier alpha value is -1.10. The smallest absolute Gasteiger partial charge is 0.328 e. The number of hydrogen-bond donors (Lipinski definition) is 2. The quantitative estimate of drug-likeness (QED) is 0.584. The predicted octanol–water partition coefficient (Wildman–Crippen LogP) is -0.207. The van der Waals surface area contributed by atoms with Crippen molar-refractivity contribution in [1.29, 1.82) is 0 Å². The molecule has 3 N–H and O–H groups in total. The fraction of sp³-hybridized carbons (Fsp3) is 0.778. The number of amides is 1. The van der Waals surface area contributed by atoms with Crippen LogP contribution in [0.4, 0.5) is 0 Å². The molecule has 0 aliphatic heterocycles. The molecule has 1 atom stereocenters. The average molecular weight is 202 g/mol. The van der Waals surface area contributed by atoms with Crippen LogP contribution >= 0.6 is 0 Å². The highest BCUT2D eigenvalue weighted by molar-refractivity contribution is 5.85. The number of nitrogens with one attached hydrogen (secondary N) is 1. The summed E-state index contributed by atoms with van der Waals surface area (Å²) >= 11 is 0. The highest BCUT2D eigenvalue weighted by Crippen LogP contribution is 2.02. The van der Waals surface area contributed by atoms with Crippen molar-refractivity contribution in [3.05, 3.63) is 0 Å². The number of esters is 1. The molecule has 0 bridgehead atoms. The number of carbonyl (C=O) groups is 2. The minimum absolute atomic E-state index is 0.111. The van der Waals surface area contributed by atoms with Crippen molar-refractivity contribution in [2.75, 3.05) is 13.7 Å². The van der Waals surface area contributed by atoms with E-state index in [1.54, 1.807) is 0 Å². The van der Waals surface area contributed by atoms with E-state index in [9.17, 15) is 9.59 Å². The van der Waals surface area contributed by atoms with Gasteiger partial charge in [-0.25, -0.2) is 4.79 Å². The average Bonchev–Trinajstić information content (AvgIpc) is 2.22. The van der Waals surface area contributed by atoms with Crippen LogP contribution in [-0.2, 0) is 14.3 Å². The lowest BCUT2D eigenvalue weighted by Gasteiger charge is -2.15. The van der Waals surface area contributed by atoms with Crippen LogP contribution < -0.4 is 11.1 Å². The zero-order chi connectivity index (χ0) is 11.0. The molecule has 0 radical (unpaired) electrons. The van der Waals surface area contributed by atoms with Gasteiger partial charge in [0.05, 0.1) is 13.7 Å². The third-order valence-corrected chi connectivity index (χ3v) is 1.85. The molecule has 0 saturated carbocycles. The van der Waals surface area contributed by atoms with Crippen LogP contribution in [0.3, 0.4) is 0 Å². The number of nitrogens with two attached hydrogens (primary N) is 1. The molecule has 0 aromatic rings. The first-order chi connectivity index (χ1) is 6.65. The normalized spacial score (nSPS) is 11.9. The van der Waals surface area contributed by atoms with E-state index in [1.807, 2.05) is 6.92 Å². The molecule has 0 spiro atoms. The Morgan fingerprint density at radius 2 is 2.14 bits per heavy atom. The van der Waals surface area contributed by atoms with E-state index in [0.29, 0.717) is 6.42 Å². The maximum Gasteiger partial charge on any atom is 0.328 e. The summed E-state index contributed by atoms with van der Waals surface area (Å²) in [6.45, 7) is 1.90. The standard InChI is InChI=1S/C9H18N2O3/c1-3-4-5-7(9(13)14-2)11-8(12)6-10/h7H,3-6,10H2,1-2H3,(H,11,12)/t7-/m1/s1. The molecule has 0 aromatic carbocycles. The molecule has 0 aliphatic rings. The van der Waals surface area contributed by atoms with E-state index in [2.05, 4.69) is 10.1 Å². The summed E-state index contributed by atoms with van der Waals surface area (Å²) in [5, 5.41) is 2.51. The number of carbonyl (C=O) groups excluding carboxylic acids is 2. The van der Waals surface area contributed by atoms with Crippen molar-refractivity contribution in [3.63, 3.8) is 0 Å². The highest BCUT2D eigenvalue weighted by atomic mass is 16.5. The van der Waals surface area contributed by atoms with E-state index in [0.717, 1.165) is 12.8 Å². The summed E-state index contributed by atoms with van der Waals surface area (Å²) in [5.41, 5.74) is 5.13. The largest absolute Gasteiger partial charge is 0.467 e. The molecule has 82 valence electrons. The Labute approximate surface area is 84.0 Å². The third kappa shape index (κ3) is 4.81. The van der Waals surface area contributed by atoms with Crippen molar-refractivity contribution in [2.24, 2.45) is 5.73 Å². The molecule has 0 saturated heterocycles. The third-order valence-electron chi connectivity index (χ3n) is 1.85. The topological polar surface area (TPSA) is 81.4 Å². The Kier molecular flexibility index (Phi) is 6.74. The van der Waals surface area contributed by atoms with Gasteiger partial charge in [-0.15, -0.1) is 0 Å². The summed E-state index contributed by atoms with van der Waals surface area (Å²) in [6.07, 6.45) is 2.42. The van der Waals surface area contributed by atoms with Crippen LogP contribution in [0.15, 0.2) is 0 Å². The molecular weight excluding hydrogens is 184 g/mol. The number of ether oxygens (including phenoxy) is 1. The fourth-order valence-corrected chi connectivity index (χ4v) is 1.05. The van der Waals surface area contributed by atoms with E-state index < -0.39 is 12.0 Å². The molecule has 0 fully saturated rings. The van der Waals surface area contributed by atoms with Crippen molar-refractivity contribution in [3.8, 4) is 0 Å². The summed E-state index contributed by atoms with van der Waals surface area (Å²) in [4.78, 5) is 22.2. The second kappa shape index (κ2) is 7.32. The van der Waals surface area contributed by atoms with E-state index in [4.69, 9.17) is 5.73 Å². The summed E-state index contributed by atoms with van der Waals surface area (Å²) in [6, 6.07) is -0.559. The predicted molar refractivity (Wildman–Crippen MR) is 52.5 cm³/mol. The fourth-order valence-electron chi connectivity index (χ4n) is 1.05. The molecule has 5 heteroatoms. The molecule has 1 amide bonds. The van der Waals surface area contributed by atoms with Crippen LogP contribution in [0.2, 0.25) is 0 Å². The van der Waals surface area contributed by atoms with Gasteiger partial charge in [0.15, 0.2) is 0 Å². The van der Waals surface area contributed by atoms with Crippen molar-refractivity contribution >= 4 is 11.9 Å². The van der Waals surface area contributed by atoms with Gasteiger partial charge in [-0.2, -0.15) is 0 Å². The van der Waals surface area contributed by atoms with Crippen molar-refractivity contribution in [1.82, 2.24) is 5.32 Å². The lowest BCUT2D eigenvalue weighted by atomic mass is 10.1. The van der Waals surface area contributed by atoms with Crippen LogP contribution in [0.25, 0.3) is 0 Å². The van der Waals surface area contributed by atoms with Crippen LogP contribution in [-0.4, -0.2) is 31.6 Å². The number of methoxy groups -OCH3 is 1. The first-order valence-corrected chi connectivity index (χ1v) is 4.73. The van der Waals surface area contributed by atoms with Crippen molar-refractivity contribution < 1.29 is 14.3 Å². The highest BCUT2D eigenvalue weighted by Gasteiger charge is 2.19. The number of rotatable bonds is 6. The molecule has 0 heterocycles. The zero-order valence-corrected chi connectivity index (χ0v) is 8.71. The summed E-state index contributed by atoms with van der Waals surface area (Å²) < 4.78 is 4.56. The van der Waals surface area contributed by atoms with Crippen LogP contribution in [0.5, 0.6) is 0 Å². The first kappa shape index (κ1) is 12.9. The Morgan fingerprint density at radius 3 is 2.57 bits per heavy atom. The second-order valence-electron chi connectivity index (χ2n) is 2.99. The number of unbranched alkanes of at least 4 members (excludes halogenated alkanes) is 1.